The standard InChI is InChI=1S/C17H24INO4/c1-5-10-19(16(22)23-17(2,3)4)14(15(20)21)11-12-6-8-13(18)9-7-12/h6-9,14H,5,10-11H2,1-4H3,(H,20,21)/t14-/m0/s1. The summed E-state index contributed by atoms with van der Waals surface area (Å²) in [5.41, 5.74) is 0.220. The highest BCUT2D eigenvalue weighted by Crippen LogP contribution is 2.17. The van der Waals surface area contributed by atoms with Crippen LogP contribution < -0.4 is 0 Å². The van der Waals surface area contributed by atoms with Crippen molar-refractivity contribution in [3.05, 3.63) is 33.4 Å². The molecule has 0 saturated heterocycles. The molecule has 0 saturated carbocycles. The summed E-state index contributed by atoms with van der Waals surface area (Å²) >= 11 is 2.19. The summed E-state index contributed by atoms with van der Waals surface area (Å²) in [4.78, 5) is 25.4. The summed E-state index contributed by atoms with van der Waals surface area (Å²) in [7, 11) is 0. The molecule has 1 rings (SSSR count). The van der Waals surface area contributed by atoms with Gasteiger partial charge in [-0.05, 0) is 67.5 Å². The van der Waals surface area contributed by atoms with Gasteiger partial charge in [-0.3, -0.25) is 4.90 Å². The predicted molar refractivity (Wildman–Crippen MR) is 97.5 cm³/mol. The van der Waals surface area contributed by atoms with Gasteiger partial charge in [-0.15, -0.1) is 0 Å². The van der Waals surface area contributed by atoms with E-state index >= 15 is 0 Å². The second kappa shape index (κ2) is 8.52. The smallest absolute Gasteiger partial charge is 0.411 e. The van der Waals surface area contributed by atoms with Crippen molar-refractivity contribution < 1.29 is 19.4 Å². The largest absolute Gasteiger partial charge is 0.480 e. The molecule has 6 heteroatoms. The number of ether oxygens (including phenoxy) is 1. The molecule has 0 unspecified atom stereocenters. The van der Waals surface area contributed by atoms with Crippen LogP contribution in [0.3, 0.4) is 0 Å². The summed E-state index contributed by atoms with van der Waals surface area (Å²) in [6.45, 7) is 7.55. The molecule has 0 bridgehead atoms. The molecule has 1 amide bonds. The van der Waals surface area contributed by atoms with Gasteiger partial charge >= 0.3 is 12.1 Å². The maximum absolute atomic E-state index is 12.4. The maximum Gasteiger partial charge on any atom is 0.411 e. The van der Waals surface area contributed by atoms with E-state index in [0.717, 1.165) is 9.13 Å². The quantitative estimate of drug-likeness (QED) is 0.691. The van der Waals surface area contributed by atoms with Crippen molar-refractivity contribution >= 4 is 34.7 Å². The number of carbonyl (C=O) groups excluding carboxylic acids is 1. The third-order valence-corrected chi connectivity index (χ3v) is 3.82. The van der Waals surface area contributed by atoms with Crippen LogP contribution >= 0.6 is 22.6 Å². The fourth-order valence-corrected chi connectivity index (χ4v) is 2.47. The number of hydrogen-bond acceptors (Lipinski definition) is 3. The van der Waals surface area contributed by atoms with Crippen LogP contribution in [0.2, 0.25) is 0 Å². The second-order valence-corrected chi connectivity index (χ2v) is 7.60. The molecular formula is C17H24INO4. The van der Waals surface area contributed by atoms with Gasteiger partial charge in [-0.1, -0.05) is 19.1 Å². The van der Waals surface area contributed by atoms with Crippen LogP contribution in [0.5, 0.6) is 0 Å². The fraction of sp³-hybridized carbons (Fsp3) is 0.529. The van der Waals surface area contributed by atoms with Gasteiger partial charge in [0.05, 0.1) is 0 Å². The molecule has 128 valence electrons. The van der Waals surface area contributed by atoms with Gasteiger partial charge in [-0.25, -0.2) is 9.59 Å². The summed E-state index contributed by atoms with van der Waals surface area (Å²) in [5.74, 6) is -1.03. The monoisotopic (exact) mass is 433 g/mol. The number of benzene rings is 1. The molecular weight excluding hydrogens is 409 g/mol. The van der Waals surface area contributed by atoms with E-state index in [9.17, 15) is 14.7 Å². The summed E-state index contributed by atoms with van der Waals surface area (Å²) in [6, 6.07) is 6.68. The van der Waals surface area contributed by atoms with Crippen LogP contribution in [0.25, 0.3) is 0 Å². The number of carboxylic acids is 1. The Balaban J connectivity index is 2.99. The Hall–Kier alpha value is -1.31. The van der Waals surface area contributed by atoms with E-state index in [1.54, 1.807) is 20.8 Å². The van der Waals surface area contributed by atoms with Gasteiger partial charge in [0.25, 0.3) is 0 Å². The Labute approximate surface area is 151 Å². The van der Waals surface area contributed by atoms with Crippen molar-refractivity contribution in [2.24, 2.45) is 0 Å². The number of carboxylic acid groups (broad SMARTS) is 1. The number of halogens is 1. The molecule has 0 radical (unpaired) electrons. The van der Waals surface area contributed by atoms with Crippen molar-refractivity contribution in [2.45, 2.75) is 52.2 Å². The summed E-state index contributed by atoms with van der Waals surface area (Å²) in [5, 5.41) is 9.58. The summed E-state index contributed by atoms with van der Waals surface area (Å²) in [6.07, 6.45) is 0.332. The zero-order chi connectivity index (χ0) is 17.6. The Bertz CT molecular complexity index is 537. The normalized spacial score (nSPS) is 12.6. The van der Waals surface area contributed by atoms with Crippen molar-refractivity contribution in [3.8, 4) is 0 Å². The van der Waals surface area contributed by atoms with Crippen LogP contribution in [-0.4, -0.2) is 40.3 Å². The lowest BCUT2D eigenvalue weighted by Crippen LogP contribution is -2.48. The molecule has 0 spiro atoms. The molecule has 0 aromatic heterocycles. The Morgan fingerprint density at radius 3 is 2.26 bits per heavy atom. The van der Waals surface area contributed by atoms with Crippen molar-refractivity contribution in [1.29, 1.82) is 0 Å². The minimum Gasteiger partial charge on any atom is -0.480 e. The first-order valence-corrected chi connectivity index (χ1v) is 8.68. The molecule has 0 fully saturated rings. The minimum absolute atomic E-state index is 0.255. The van der Waals surface area contributed by atoms with E-state index in [1.807, 2.05) is 31.2 Å². The lowest BCUT2D eigenvalue weighted by molar-refractivity contribution is -0.143. The zero-order valence-electron chi connectivity index (χ0n) is 14.0. The molecule has 1 atom stereocenters. The first kappa shape index (κ1) is 19.7. The molecule has 0 aliphatic rings. The number of rotatable bonds is 6. The molecule has 0 heterocycles. The number of hydrogen-bond donors (Lipinski definition) is 1. The summed E-state index contributed by atoms with van der Waals surface area (Å²) < 4.78 is 6.44. The maximum atomic E-state index is 12.4. The number of aliphatic carboxylic acids is 1. The molecule has 0 aliphatic heterocycles. The van der Waals surface area contributed by atoms with E-state index in [1.165, 1.54) is 4.90 Å². The van der Waals surface area contributed by atoms with Gasteiger partial charge < -0.3 is 9.84 Å². The molecule has 1 N–H and O–H groups in total. The fourth-order valence-electron chi connectivity index (χ4n) is 2.11. The van der Waals surface area contributed by atoms with Gasteiger partial charge in [0.1, 0.15) is 11.6 Å². The Morgan fingerprint density at radius 2 is 1.83 bits per heavy atom. The highest BCUT2D eigenvalue weighted by atomic mass is 127. The molecule has 0 aliphatic carbocycles. The average molecular weight is 433 g/mol. The van der Waals surface area contributed by atoms with Crippen LogP contribution in [-0.2, 0) is 16.0 Å². The van der Waals surface area contributed by atoms with Crippen LogP contribution in [0.15, 0.2) is 24.3 Å². The van der Waals surface area contributed by atoms with Crippen LogP contribution in [0.4, 0.5) is 4.79 Å². The van der Waals surface area contributed by atoms with E-state index in [0.29, 0.717) is 13.0 Å². The van der Waals surface area contributed by atoms with Gasteiger partial charge in [-0.2, -0.15) is 0 Å². The van der Waals surface area contributed by atoms with Crippen LogP contribution in [0.1, 0.15) is 39.7 Å². The second-order valence-electron chi connectivity index (χ2n) is 6.36. The highest BCUT2D eigenvalue weighted by molar-refractivity contribution is 14.1. The van der Waals surface area contributed by atoms with E-state index in [-0.39, 0.29) is 6.42 Å². The highest BCUT2D eigenvalue weighted by Gasteiger charge is 2.32. The molecule has 23 heavy (non-hydrogen) atoms. The number of amides is 1. The predicted octanol–water partition coefficient (Wildman–Crippen LogP) is 3.93. The average Bonchev–Trinajstić information content (AvgIpc) is 2.42. The van der Waals surface area contributed by atoms with Gasteiger partial charge in [0.2, 0.25) is 0 Å². The lowest BCUT2D eigenvalue weighted by atomic mass is 10.0. The molecule has 1 aromatic carbocycles. The van der Waals surface area contributed by atoms with E-state index in [2.05, 4.69) is 22.6 Å². The third kappa shape index (κ3) is 6.76. The lowest BCUT2D eigenvalue weighted by Gasteiger charge is -2.31. The van der Waals surface area contributed by atoms with Crippen molar-refractivity contribution in [2.75, 3.05) is 6.54 Å². The SMILES string of the molecule is CCCN(C(=O)OC(C)(C)C)[C@@H](Cc1ccc(I)cc1)C(=O)O. The molecule has 1 aromatic rings. The molecule has 5 nitrogen and oxygen atoms in total. The Kier molecular flexibility index (Phi) is 7.31. The van der Waals surface area contributed by atoms with Crippen molar-refractivity contribution in [3.63, 3.8) is 0 Å². The van der Waals surface area contributed by atoms with Gasteiger partial charge in [0, 0.05) is 16.5 Å². The van der Waals surface area contributed by atoms with E-state index in [4.69, 9.17) is 4.74 Å². The van der Waals surface area contributed by atoms with Gasteiger partial charge in [0.15, 0.2) is 0 Å². The third-order valence-electron chi connectivity index (χ3n) is 3.10. The first-order chi connectivity index (χ1) is 10.6. The zero-order valence-corrected chi connectivity index (χ0v) is 16.2. The topological polar surface area (TPSA) is 66.8 Å². The van der Waals surface area contributed by atoms with Crippen LogP contribution in [0, 0.1) is 3.57 Å². The van der Waals surface area contributed by atoms with E-state index < -0.39 is 23.7 Å². The Morgan fingerprint density at radius 1 is 1.26 bits per heavy atom. The minimum atomic E-state index is -1.03. The number of nitrogens with zero attached hydrogens (tertiary/aromatic N) is 1. The first-order valence-electron chi connectivity index (χ1n) is 7.61. The number of carbonyl (C=O) groups is 2. The van der Waals surface area contributed by atoms with Crippen molar-refractivity contribution in [1.82, 2.24) is 4.90 Å².